The van der Waals surface area contributed by atoms with E-state index in [-0.39, 0.29) is 5.91 Å². The van der Waals surface area contributed by atoms with Gasteiger partial charge in [0.25, 0.3) is 0 Å². The molecule has 1 aromatic heterocycles. The van der Waals surface area contributed by atoms with Crippen LogP contribution in [-0.2, 0) is 17.8 Å². The highest BCUT2D eigenvalue weighted by Crippen LogP contribution is 2.08. The minimum absolute atomic E-state index is 0.111. The molecule has 2 aromatic rings. The van der Waals surface area contributed by atoms with E-state index >= 15 is 0 Å². The van der Waals surface area contributed by atoms with Crippen LogP contribution in [0.2, 0.25) is 0 Å². The van der Waals surface area contributed by atoms with Crippen molar-refractivity contribution in [2.45, 2.75) is 39.8 Å². The summed E-state index contributed by atoms with van der Waals surface area (Å²) in [6, 6.07) is 9.63. The third-order valence-electron chi connectivity index (χ3n) is 4.40. The van der Waals surface area contributed by atoms with Crippen molar-refractivity contribution in [3.8, 4) is 0 Å². The van der Waals surface area contributed by atoms with E-state index < -0.39 is 6.04 Å². The Balaban J connectivity index is 1.83. The van der Waals surface area contributed by atoms with E-state index in [0.717, 1.165) is 12.2 Å². The molecule has 2 atom stereocenters. The molecule has 1 heterocycles. The van der Waals surface area contributed by atoms with E-state index in [0.29, 0.717) is 24.8 Å². The normalized spacial score (nSPS) is 13.7. The Labute approximate surface area is 144 Å². The van der Waals surface area contributed by atoms with Crippen molar-refractivity contribution in [3.05, 3.63) is 54.1 Å². The lowest BCUT2D eigenvalue weighted by Gasteiger charge is -2.18. The minimum atomic E-state index is -0.565. The van der Waals surface area contributed by atoms with Gasteiger partial charge >= 0.3 is 0 Å². The largest absolute Gasteiger partial charge is 0.354 e. The maximum Gasteiger partial charge on any atom is 0.237 e. The number of hydrogen-bond acceptors (Lipinski definition) is 3. The molecule has 0 aliphatic heterocycles. The van der Waals surface area contributed by atoms with E-state index in [1.54, 1.807) is 6.33 Å². The molecule has 1 aromatic carbocycles. The third-order valence-corrected chi connectivity index (χ3v) is 4.40. The molecule has 0 fully saturated rings. The highest BCUT2D eigenvalue weighted by atomic mass is 16.2. The van der Waals surface area contributed by atoms with E-state index in [9.17, 15) is 4.79 Å². The van der Waals surface area contributed by atoms with Gasteiger partial charge in [0, 0.05) is 25.7 Å². The van der Waals surface area contributed by atoms with Gasteiger partial charge in [-0.05, 0) is 17.4 Å². The Hall–Kier alpha value is -2.14. The zero-order chi connectivity index (χ0) is 17.5. The molecule has 0 saturated carbocycles. The quantitative estimate of drug-likeness (QED) is 0.780. The maximum atomic E-state index is 12.1. The molecule has 5 nitrogen and oxygen atoms in total. The van der Waals surface area contributed by atoms with Crippen LogP contribution in [0.15, 0.2) is 42.9 Å². The zero-order valence-electron chi connectivity index (χ0n) is 14.8. The Kier molecular flexibility index (Phi) is 6.55. The van der Waals surface area contributed by atoms with E-state index in [2.05, 4.69) is 43.2 Å². The molecular formula is C19H28N4O. The molecule has 1 amide bonds. The summed E-state index contributed by atoms with van der Waals surface area (Å²) in [7, 11) is 0. The minimum Gasteiger partial charge on any atom is -0.354 e. The topological polar surface area (TPSA) is 72.9 Å². The summed E-state index contributed by atoms with van der Waals surface area (Å²) in [5, 5.41) is 2.93. The lowest BCUT2D eigenvalue weighted by Crippen LogP contribution is -2.43. The molecule has 24 heavy (non-hydrogen) atoms. The number of nitrogens with two attached hydrogens (primary N) is 1. The Morgan fingerprint density at radius 1 is 1.25 bits per heavy atom. The van der Waals surface area contributed by atoms with Crippen molar-refractivity contribution in [3.63, 3.8) is 0 Å². The van der Waals surface area contributed by atoms with Gasteiger partial charge in [-0.1, -0.05) is 51.1 Å². The summed E-state index contributed by atoms with van der Waals surface area (Å²) >= 11 is 0. The van der Waals surface area contributed by atoms with E-state index in [1.807, 2.05) is 29.0 Å². The van der Waals surface area contributed by atoms with Gasteiger partial charge < -0.3 is 15.6 Å². The molecule has 3 N–H and O–H groups in total. The fourth-order valence-electron chi connectivity index (χ4n) is 2.34. The van der Waals surface area contributed by atoms with Crippen LogP contribution < -0.4 is 11.1 Å². The number of hydrogen-bond donors (Lipinski definition) is 2. The molecule has 0 aliphatic carbocycles. The molecule has 0 spiro atoms. The number of nitrogens with one attached hydrogen (secondary N) is 1. The zero-order valence-corrected chi connectivity index (χ0v) is 14.8. The second kappa shape index (κ2) is 8.64. The fourth-order valence-corrected chi connectivity index (χ4v) is 2.34. The number of rotatable bonds is 8. The third kappa shape index (κ3) is 5.49. The lowest BCUT2D eigenvalue weighted by molar-refractivity contribution is -0.122. The first-order valence-electron chi connectivity index (χ1n) is 8.53. The molecule has 5 heteroatoms. The summed E-state index contributed by atoms with van der Waals surface area (Å²) in [4.78, 5) is 16.5. The summed E-state index contributed by atoms with van der Waals surface area (Å²) < 4.78 is 2.01. The second-order valence-electron chi connectivity index (χ2n) is 6.80. The number of carbonyl (C=O) groups is 1. The van der Waals surface area contributed by atoms with Gasteiger partial charge in [-0.25, -0.2) is 4.98 Å². The summed E-state index contributed by atoms with van der Waals surface area (Å²) in [6.07, 6.45) is 4.19. The van der Waals surface area contributed by atoms with Crippen LogP contribution in [0, 0.1) is 11.8 Å². The number of amides is 1. The van der Waals surface area contributed by atoms with Crippen molar-refractivity contribution in [1.29, 1.82) is 0 Å². The van der Waals surface area contributed by atoms with Crippen molar-refractivity contribution >= 4 is 5.91 Å². The van der Waals surface area contributed by atoms with Gasteiger partial charge in [0.15, 0.2) is 0 Å². The number of aromatic nitrogens is 2. The number of benzene rings is 1. The smallest absolute Gasteiger partial charge is 0.237 e. The number of imidazole rings is 1. The standard InChI is InChI=1S/C19H28N4O/c1-14(2)15(3)10-21-19(24)18(20)9-17-12-23(13-22-17)11-16-7-5-4-6-8-16/h4-8,12-15,18H,9-11,20H2,1-3H3,(H,21,24)/t15?,18-/m0/s1. The van der Waals surface area contributed by atoms with Crippen molar-refractivity contribution in [2.24, 2.45) is 17.6 Å². The molecule has 1 unspecified atom stereocenters. The average Bonchev–Trinajstić information content (AvgIpc) is 2.99. The number of carbonyl (C=O) groups excluding carboxylic acids is 1. The fraction of sp³-hybridized carbons (Fsp3) is 0.474. The second-order valence-corrected chi connectivity index (χ2v) is 6.80. The Bertz CT molecular complexity index is 636. The Morgan fingerprint density at radius 2 is 1.96 bits per heavy atom. The van der Waals surface area contributed by atoms with Crippen molar-refractivity contribution < 1.29 is 4.79 Å². The van der Waals surface area contributed by atoms with Crippen molar-refractivity contribution in [2.75, 3.05) is 6.54 Å². The predicted molar refractivity (Wildman–Crippen MR) is 96.5 cm³/mol. The first kappa shape index (κ1) is 18.2. The van der Waals surface area contributed by atoms with E-state index in [4.69, 9.17) is 5.73 Å². The lowest BCUT2D eigenvalue weighted by atomic mass is 9.98. The summed E-state index contributed by atoms with van der Waals surface area (Å²) in [5.74, 6) is 0.863. The van der Waals surface area contributed by atoms with Crippen LogP contribution in [0.4, 0.5) is 0 Å². The van der Waals surface area contributed by atoms with Crippen LogP contribution >= 0.6 is 0 Å². The monoisotopic (exact) mass is 328 g/mol. The van der Waals surface area contributed by atoms with Gasteiger partial charge in [0.05, 0.1) is 18.1 Å². The first-order chi connectivity index (χ1) is 11.5. The van der Waals surface area contributed by atoms with Crippen LogP contribution in [0.25, 0.3) is 0 Å². The van der Waals surface area contributed by atoms with Crippen LogP contribution in [0.5, 0.6) is 0 Å². The first-order valence-corrected chi connectivity index (χ1v) is 8.53. The van der Waals surface area contributed by atoms with Gasteiger partial charge in [0.1, 0.15) is 0 Å². The Morgan fingerprint density at radius 3 is 2.62 bits per heavy atom. The van der Waals surface area contributed by atoms with Gasteiger partial charge in [-0.3, -0.25) is 4.79 Å². The highest BCUT2D eigenvalue weighted by Gasteiger charge is 2.17. The van der Waals surface area contributed by atoms with Crippen LogP contribution in [0.1, 0.15) is 32.0 Å². The van der Waals surface area contributed by atoms with Gasteiger partial charge in [-0.2, -0.15) is 0 Å². The molecule has 0 saturated heterocycles. The van der Waals surface area contributed by atoms with Gasteiger partial charge in [-0.15, -0.1) is 0 Å². The van der Waals surface area contributed by atoms with Crippen LogP contribution in [-0.4, -0.2) is 28.0 Å². The van der Waals surface area contributed by atoms with Crippen LogP contribution in [0.3, 0.4) is 0 Å². The molecule has 130 valence electrons. The number of nitrogens with zero attached hydrogens (tertiary/aromatic N) is 2. The van der Waals surface area contributed by atoms with E-state index in [1.165, 1.54) is 5.56 Å². The van der Waals surface area contributed by atoms with Gasteiger partial charge in [0.2, 0.25) is 5.91 Å². The summed E-state index contributed by atoms with van der Waals surface area (Å²) in [6.45, 7) is 7.85. The average molecular weight is 328 g/mol. The molecule has 0 aliphatic rings. The predicted octanol–water partition coefficient (Wildman–Crippen LogP) is 2.21. The summed E-state index contributed by atoms with van der Waals surface area (Å²) in [5.41, 5.74) is 8.06. The molecule has 2 rings (SSSR count). The molecule has 0 bridgehead atoms. The SMILES string of the molecule is CC(C)C(C)CNC(=O)[C@@H](N)Cc1cn(Cc2ccccc2)cn1. The molecule has 0 radical (unpaired) electrons. The highest BCUT2D eigenvalue weighted by molar-refractivity contribution is 5.81. The van der Waals surface area contributed by atoms with Crippen molar-refractivity contribution in [1.82, 2.24) is 14.9 Å². The maximum absolute atomic E-state index is 12.1. The molecular weight excluding hydrogens is 300 g/mol.